The minimum absolute atomic E-state index is 0.309. The lowest BCUT2D eigenvalue weighted by Crippen LogP contribution is -2.33. The average Bonchev–Trinajstić information content (AvgIpc) is 1.59. The van der Waals surface area contributed by atoms with Crippen LogP contribution in [0.25, 0.3) is 0 Å². The molecule has 0 atom stereocenters. The fraction of sp³-hybridized carbons (Fsp3) is 1.00. The lowest BCUT2D eigenvalue weighted by Gasteiger charge is -2.16. The van der Waals surface area contributed by atoms with E-state index in [1.807, 2.05) is 0 Å². The second-order valence-electron chi connectivity index (χ2n) is 2.75. The second-order valence-corrected chi connectivity index (χ2v) is 11.3. The van der Waals surface area contributed by atoms with E-state index in [1.54, 1.807) is 0 Å². The second kappa shape index (κ2) is 3.57. The van der Waals surface area contributed by atoms with E-state index in [0.717, 1.165) is 10.4 Å². The minimum Gasteiger partial charge on any atom is -0.449 e. The van der Waals surface area contributed by atoms with Crippen LogP contribution in [0, 0.1) is 0 Å². The Morgan fingerprint density at radius 3 is 2.12 bits per heavy atom. The molecule has 0 aliphatic heterocycles. The SMILES string of the molecule is C[Si](C)(C)O[SiH2]N[SiH3]. The van der Waals surface area contributed by atoms with Crippen molar-refractivity contribution >= 4 is 28.6 Å². The first-order chi connectivity index (χ1) is 3.56. The van der Waals surface area contributed by atoms with Gasteiger partial charge in [-0.05, 0) is 19.6 Å². The van der Waals surface area contributed by atoms with Gasteiger partial charge < -0.3 is 8.76 Å². The van der Waals surface area contributed by atoms with Gasteiger partial charge in [-0.15, -0.1) is 0 Å². The Balaban J connectivity index is 3.11. The highest BCUT2D eigenvalue weighted by Crippen LogP contribution is 1.98. The third-order valence-corrected chi connectivity index (χ3v) is 5.85. The Kier molecular flexibility index (Phi) is 3.82. The first kappa shape index (κ1) is 8.57. The van der Waals surface area contributed by atoms with Gasteiger partial charge in [0.25, 0.3) is 0 Å². The predicted molar refractivity (Wildman–Crippen MR) is 46.0 cm³/mol. The maximum absolute atomic E-state index is 5.58. The van der Waals surface area contributed by atoms with Crippen LogP contribution < -0.4 is 4.65 Å². The van der Waals surface area contributed by atoms with Crippen LogP contribution in [0.4, 0.5) is 0 Å². The molecule has 50 valence electrons. The molecule has 0 saturated heterocycles. The Hall–Kier alpha value is 0.571. The Bertz CT molecular complexity index is 62.0. The third-order valence-electron chi connectivity index (χ3n) is 0.650. The lowest BCUT2D eigenvalue weighted by atomic mass is 11.8. The molecular formula is C3H15NOSi3. The van der Waals surface area contributed by atoms with E-state index < -0.39 is 8.32 Å². The van der Waals surface area contributed by atoms with Crippen LogP contribution >= 0.6 is 0 Å². The van der Waals surface area contributed by atoms with Gasteiger partial charge in [0.15, 0.2) is 8.32 Å². The van der Waals surface area contributed by atoms with Gasteiger partial charge in [0.1, 0.15) is 0 Å². The van der Waals surface area contributed by atoms with Crippen molar-refractivity contribution in [2.24, 2.45) is 0 Å². The number of nitrogens with one attached hydrogen (secondary N) is 1. The van der Waals surface area contributed by atoms with Gasteiger partial charge in [-0.3, -0.25) is 0 Å². The molecule has 0 saturated carbocycles. The highest BCUT2D eigenvalue weighted by Gasteiger charge is 2.11. The van der Waals surface area contributed by atoms with Gasteiger partial charge in [-0.1, -0.05) is 0 Å². The number of hydrogen-bond donors (Lipinski definition) is 1. The molecule has 8 heavy (non-hydrogen) atoms. The van der Waals surface area contributed by atoms with Crippen LogP contribution in [0.5, 0.6) is 0 Å². The molecular weight excluding hydrogens is 150 g/mol. The largest absolute Gasteiger partial charge is 0.449 e. The van der Waals surface area contributed by atoms with Crippen LogP contribution in [0.3, 0.4) is 0 Å². The highest BCUT2D eigenvalue weighted by molar-refractivity contribution is 6.74. The van der Waals surface area contributed by atoms with Crippen LogP contribution in [0.15, 0.2) is 0 Å². The standard InChI is InChI=1S/C3H15NOSi3/c1-8(2,3)5-7-4-6/h4H,7H2,1-3,6H3. The predicted octanol–water partition coefficient (Wildman–Crippen LogP) is -1.29. The van der Waals surface area contributed by atoms with Crippen molar-refractivity contribution in [1.29, 1.82) is 0 Å². The summed E-state index contributed by atoms with van der Waals surface area (Å²) in [5.74, 6) is 0. The quantitative estimate of drug-likeness (QED) is 0.525. The molecule has 2 nitrogen and oxygen atoms in total. The van der Waals surface area contributed by atoms with Gasteiger partial charge in [0.05, 0.1) is 10.4 Å². The van der Waals surface area contributed by atoms with Gasteiger partial charge in [-0.2, -0.15) is 0 Å². The van der Waals surface area contributed by atoms with Crippen LogP contribution in [-0.4, -0.2) is 28.6 Å². The molecule has 0 aromatic rings. The molecule has 0 heterocycles. The Labute approximate surface area is 57.7 Å². The van der Waals surface area contributed by atoms with Gasteiger partial charge >= 0.3 is 0 Å². The summed E-state index contributed by atoms with van der Waals surface area (Å²) < 4.78 is 8.79. The minimum atomic E-state index is -1.16. The van der Waals surface area contributed by atoms with E-state index in [4.69, 9.17) is 4.12 Å². The molecule has 0 amide bonds. The summed E-state index contributed by atoms with van der Waals surface area (Å²) in [6.07, 6.45) is 0. The molecule has 0 aliphatic rings. The van der Waals surface area contributed by atoms with Crippen molar-refractivity contribution in [2.45, 2.75) is 19.6 Å². The zero-order valence-electron chi connectivity index (χ0n) is 6.12. The number of hydrogen-bond acceptors (Lipinski definition) is 2. The van der Waals surface area contributed by atoms with Crippen molar-refractivity contribution in [2.75, 3.05) is 0 Å². The fourth-order valence-corrected chi connectivity index (χ4v) is 3.90. The van der Waals surface area contributed by atoms with Gasteiger partial charge in [0.2, 0.25) is 9.92 Å². The van der Waals surface area contributed by atoms with Crippen molar-refractivity contribution in [1.82, 2.24) is 4.65 Å². The summed E-state index contributed by atoms with van der Waals surface area (Å²) in [5.41, 5.74) is 0. The maximum Gasteiger partial charge on any atom is 0.217 e. The summed E-state index contributed by atoms with van der Waals surface area (Å²) in [6.45, 7) is 6.66. The molecule has 0 fully saturated rings. The van der Waals surface area contributed by atoms with Crippen LogP contribution in [-0.2, 0) is 4.12 Å². The van der Waals surface area contributed by atoms with Gasteiger partial charge in [0, 0.05) is 0 Å². The van der Waals surface area contributed by atoms with E-state index in [0.29, 0.717) is 0 Å². The molecule has 0 unspecified atom stereocenters. The van der Waals surface area contributed by atoms with Crippen molar-refractivity contribution in [3.63, 3.8) is 0 Å². The van der Waals surface area contributed by atoms with Gasteiger partial charge in [-0.25, -0.2) is 0 Å². The molecule has 0 aliphatic carbocycles. The van der Waals surface area contributed by atoms with Crippen LogP contribution in [0.1, 0.15) is 0 Å². The summed E-state index contributed by atoms with van der Waals surface area (Å²) in [6, 6.07) is 0. The molecule has 1 N–H and O–H groups in total. The fourth-order valence-electron chi connectivity index (χ4n) is 0.289. The molecule has 0 bridgehead atoms. The first-order valence-corrected chi connectivity index (χ1v) is 8.54. The molecule has 5 heteroatoms. The summed E-state index contributed by atoms with van der Waals surface area (Å²) in [5, 5.41) is 0. The van der Waals surface area contributed by atoms with E-state index in [-0.39, 0.29) is 9.92 Å². The summed E-state index contributed by atoms with van der Waals surface area (Å²) in [4.78, 5) is 0. The van der Waals surface area contributed by atoms with Crippen molar-refractivity contribution in [3.8, 4) is 0 Å². The Morgan fingerprint density at radius 2 is 2.00 bits per heavy atom. The lowest BCUT2D eigenvalue weighted by molar-refractivity contribution is 0.593. The van der Waals surface area contributed by atoms with Crippen molar-refractivity contribution < 1.29 is 4.12 Å². The average molecular weight is 165 g/mol. The Morgan fingerprint density at radius 1 is 1.50 bits per heavy atom. The normalized spacial score (nSPS) is 13.9. The first-order valence-electron chi connectivity index (χ1n) is 2.85. The molecule has 0 rings (SSSR count). The zero-order valence-corrected chi connectivity index (χ0v) is 10.5. The summed E-state index contributed by atoms with van der Waals surface area (Å²) in [7, 11) is -0.374. The number of rotatable bonds is 3. The van der Waals surface area contributed by atoms with E-state index in [2.05, 4.69) is 24.3 Å². The molecule has 0 aromatic carbocycles. The summed E-state index contributed by atoms with van der Waals surface area (Å²) >= 11 is 0. The van der Waals surface area contributed by atoms with Crippen LogP contribution in [0.2, 0.25) is 19.6 Å². The topological polar surface area (TPSA) is 21.3 Å². The molecule has 0 aromatic heterocycles. The highest BCUT2D eigenvalue weighted by atomic mass is 28.4. The molecule has 0 radical (unpaired) electrons. The zero-order chi connectivity index (χ0) is 6.62. The van der Waals surface area contributed by atoms with Crippen molar-refractivity contribution in [3.05, 3.63) is 0 Å². The van der Waals surface area contributed by atoms with E-state index >= 15 is 0 Å². The monoisotopic (exact) mass is 165 g/mol. The molecule has 0 spiro atoms. The van der Waals surface area contributed by atoms with E-state index in [1.165, 1.54) is 0 Å². The maximum atomic E-state index is 5.58. The third kappa shape index (κ3) is 6.57. The van der Waals surface area contributed by atoms with E-state index in [9.17, 15) is 0 Å². The smallest absolute Gasteiger partial charge is 0.217 e.